The van der Waals surface area contributed by atoms with Gasteiger partial charge in [-0.15, -0.1) is 12.4 Å². The van der Waals surface area contributed by atoms with Crippen molar-refractivity contribution in [2.24, 2.45) is 5.73 Å². The lowest BCUT2D eigenvalue weighted by atomic mass is 10.0. The van der Waals surface area contributed by atoms with Crippen molar-refractivity contribution in [3.8, 4) is 0 Å². The van der Waals surface area contributed by atoms with Crippen molar-refractivity contribution in [3.63, 3.8) is 0 Å². The molecule has 1 aliphatic rings. The zero-order valence-electron chi connectivity index (χ0n) is 10.5. The molecule has 1 aliphatic heterocycles. The zero-order valence-corrected chi connectivity index (χ0v) is 11.3. The van der Waals surface area contributed by atoms with Crippen LogP contribution in [0.4, 0.5) is 0 Å². The predicted octanol–water partition coefficient (Wildman–Crippen LogP) is 1.18. The first-order valence-corrected chi connectivity index (χ1v) is 5.78. The van der Waals surface area contributed by atoms with E-state index in [0.29, 0.717) is 13.0 Å². The molecule has 0 saturated carbocycles. The monoisotopic (exact) mass is 270 g/mol. The van der Waals surface area contributed by atoms with Gasteiger partial charge in [0.05, 0.1) is 7.11 Å². The van der Waals surface area contributed by atoms with Gasteiger partial charge in [-0.3, -0.25) is 9.69 Å². The van der Waals surface area contributed by atoms with Crippen LogP contribution in [0.15, 0.2) is 30.3 Å². The summed E-state index contributed by atoms with van der Waals surface area (Å²) in [5.41, 5.74) is 6.45. The highest BCUT2D eigenvalue weighted by Gasteiger charge is 2.41. The van der Waals surface area contributed by atoms with Crippen molar-refractivity contribution in [3.05, 3.63) is 35.9 Å². The average molecular weight is 271 g/mol. The summed E-state index contributed by atoms with van der Waals surface area (Å²) in [5, 5.41) is 0. The Hall–Kier alpha value is -1.10. The number of halogens is 1. The van der Waals surface area contributed by atoms with Gasteiger partial charge in [0, 0.05) is 19.6 Å². The van der Waals surface area contributed by atoms with Crippen LogP contribution in [0.1, 0.15) is 12.0 Å². The normalized spacial score (nSPS) is 23.4. The number of carbonyl (C=O) groups is 1. The molecule has 0 spiro atoms. The van der Waals surface area contributed by atoms with Gasteiger partial charge in [0.25, 0.3) is 0 Å². The number of hydrogen-bond donors (Lipinski definition) is 1. The number of nitrogens with two attached hydrogens (primary N) is 1. The van der Waals surface area contributed by atoms with Gasteiger partial charge < -0.3 is 10.5 Å². The molecule has 1 aromatic rings. The zero-order chi connectivity index (χ0) is 12.3. The quantitative estimate of drug-likeness (QED) is 0.838. The molecule has 0 bridgehead atoms. The lowest BCUT2D eigenvalue weighted by Crippen LogP contribution is -2.50. The second-order valence-electron chi connectivity index (χ2n) is 4.59. The number of hydrogen-bond acceptors (Lipinski definition) is 4. The number of nitrogens with zero attached hydrogens (tertiary/aromatic N) is 1. The summed E-state index contributed by atoms with van der Waals surface area (Å²) >= 11 is 0. The van der Waals surface area contributed by atoms with Gasteiger partial charge in [-0.25, -0.2) is 0 Å². The molecule has 4 nitrogen and oxygen atoms in total. The molecule has 100 valence electrons. The SMILES string of the molecule is COC(=O)C1(N)CCN(Cc2ccccc2)C1.Cl. The Kier molecular flexibility index (Phi) is 5.14. The van der Waals surface area contributed by atoms with Crippen LogP contribution in [0.2, 0.25) is 0 Å². The molecule has 1 heterocycles. The summed E-state index contributed by atoms with van der Waals surface area (Å²) < 4.78 is 4.75. The fourth-order valence-corrected chi connectivity index (χ4v) is 2.26. The van der Waals surface area contributed by atoms with E-state index in [1.165, 1.54) is 12.7 Å². The molecular weight excluding hydrogens is 252 g/mol. The van der Waals surface area contributed by atoms with Crippen molar-refractivity contribution < 1.29 is 9.53 Å². The lowest BCUT2D eigenvalue weighted by Gasteiger charge is -2.21. The molecule has 0 aliphatic carbocycles. The third-order valence-electron chi connectivity index (χ3n) is 3.22. The van der Waals surface area contributed by atoms with Crippen LogP contribution in [-0.4, -0.2) is 36.6 Å². The van der Waals surface area contributed by atoms with Crippen LogP contribution in [-0.2, 0) is 16.1 Å². The van der Waals surface area contributed by atoms with Crippen LogP contribution in [0.5, 0.6) is 0 Å². The molecule has 1 atom stereocenters. The number of likely N-dealkylation sites (tertiary alicyclic amines) is 1. The van der Waals surface area contributed by atoms with Gasteiger partial charge in [0.2, 0.25) is 0 Å². The van der Waals surface area contributed by atoms with E-state index in [1.54, 1.807) is 0 Å². The van der Waals surface area contributed by atoms with Crippen LogP contribution >= 0.6 is 12.4 Å². The maximum absolute atomic E-state index is 11.6. The fourth-order valence-electron chi connectivity index (χ4n) is 2.26. The topological polar surface area (TPSA) is 55.6 Å². The summed E-state index contributed by atoms with van der Waals surface area (Å²) in [6.07, 6.45) is 0.659. The number of carbonyl (C=O) groups excluding carboxylic acids is 1. The van der Waals surface area contributed by atoms with Crippen LogP contribution in [0, 0.1) is 0 Å². The molecule has 1 fully saturated rings. The minimum atomic E-state index is -0.830. The predicted molar refractivity (Wildman–Crippen MR) is 72.5 cm³/mol. The number of methoxy groups -OCH3 is 1. The van der Waals surface area contributed by atoms with Crippen LogP contribution < -0.4 is 5.73 Å². The summed E-state index contributed by atoms with van der Waals surface area (Å²) in [5.74, 6) is -0.312. The number of ether oxygens (including phenoxy) is 1. The number of benzene rings is 1. The highest BCUT2D eigenvalue weighted by Crippen LogP contribution is 2.21. The second kappa shape index (κ2) is 6.18. The number of rotatable bonds is 3. The van der Waals surface area contributed by atoms with E-state index >= 15 is 0 Å². The molecule has 18 heavy (non-hydrogen) atoms. The molecule has 0 radical (unpaired) electrons. The highest BCUT2D eigenvalue weighted by atomic mass is 35.5. The molecular formula is C13H19ClN2O2. The largest absolute Gasteiger partial charge is 0.468 e. The van der Waals surface area contributed by atoms with Crippen molar-refractivity contribution in [2.45, 2.75) is 18.5 Å². The van der Waals surface area contributed by atoms with Crippen LogP contribution in [0.3, 0.4) is 0 Å². The first kappa shape index (κ1) is 15.0. The minimum Gasteiger partial charge on any atom is -0.468 e. The molecule has 1 saturated heterocycles. The molecule has 2 N–H and O–H groups in total. The van der Waals surface area contributed by atoms with E-state index in [9.17, 15) is 4.79 Å². The van der Waals surface area contributed by atoms with Crippen molar-refractivity contribution in [1.29, 1.82) is 0 Å². The Balaban J connectivity index is 0.00000162. The van der Waals surface area contributed by atoms with E-state index in [1.807, 2.05) is 18.2 Å². The Morgan fingerprint density at radius 2 is 2.11 bits per heavy atom. The molecule has 1 unspecified atom stereocenters. The first-order valence-electron chi connectivity index (χ1n) is 5.78. The third kappa shape index (κ3) is 3.22. The first-order chi connectivity index (χ1) is 8.14. The lowest BCUT2D eigenvalue weighted by molar-refractivity contribution is -0.146. The van der Waals surface area contributed by atoms with E-state index in [4.69, 9.17) is 10.5 Å². The van der Waals surface area contributed by atoms with E-state index < -0.39 is 5.54 Å². The van der Waals surface area contributed by atoms with Crippen molar-refractivity contribution >= 4 is 18.4 Å². The maximum Gasteiger partial charge on any atom is 0.327 e. The van der Waals surface area contributed by atoms with Crippen molar-refractivity contribution in [2.75, 3.05) is 20.2 Å². The molecule has 1 aromatic carbocycles. The van der Waals surface area contributed by atoms with E-state index in [0.717, 1.165) is 13.1 Å². The third-order valence-corrected chi connectivity index (χ3v) is 3.22. The van der Waals surface area contributed by atoms with Gasteiger partial charge in [-0.2, -0.15) is 0 Å². The Bertz CT molecular complexity index is 399. The van der Waals surface area contributed by atoms with Gasteiger partial charge >= 0.3 is 5.97 Å². The molecule has 0 amide bonds. The summed E-state index contributed by atoms with van der Waals surface area (Å²) in [7, 11) is 1.39. The van der Waals surface area contributed by atoms with Gasteiger partial charge in [-0.05, 0) is 12.0 Å². The molecule has 2 rings (SSSR count). The van der Waals surface area contributed by atoms with Gasteiger partial charge in [-0.1, -0.05) is 30.3 Å². The Morgan fingerprint density at radius 3 is 2.72 bits per heavy atom. The van der Waals surface area contributed by atoms with Gasteiger partial charge in [0.1, 0.15) is 5.54 Å². The highest BCUT2D eigenvalue weighted by molar-refractivity contribution is 5.85. The minimum absolute atomic E-state index is 0. The Labute approximate surface area is 114 Å². The fraction of sp³-hybridized carbons (Fsp3) is 0.462. The van der Waals surface area contributed by atoms with Crippen molar-refractivity contribution in [1.82, 2.24) is 4.90 Å². The van der Waals surface area contributed by atoms with Gasteiger partial charge in [0.15, 0.2) is 0 Å². The average Bonchev–Trinajstić information content (AvgIpc) is 2.72. The standard InChI is InChI=1S/C13H18N2O2.ClH/c1-17-12(16)13(14)7-8-15(10-13)9-11-5-3-2-4-6-11;/h2-6H,7-10,14H2,1H3;1H. The smallest absolute Gasteiger partial charge is 0.327 e. The summed E-state index contributed by atoms with van der Waals surface area (Å²) in [4.78, 5) is 13.7. The number of esters is 1. The van der Waals surface area contributed by atoms with E-state index in [-0.39, 0.29) is 18.4 Å². The molecule has 0 aromatic heterocycles. The second-order valence-corrected chi connectivity index (χ2v) is 4.59. The Morgan fingerprint density at radius 1 is 1.44 bits per heavy atom. The van der Waals surface area contributed by atoms with E-state index in [2.05, 4.69) is 17.0 Å². The van der Waals surface area contributed by atoms with Crippen LogP contribution in [0.25, 0.3) is 0 Å². The summed E-state index contributed by atoms with van der Waals surface area (Å²) in [6, 6.07) is 10.2. The maximum atomic E-state index is 11.6. The molecule has 5 heteroatoms. The summed E-state index contributed by atoms with van der Waals surface area (Å²) in [6.45, 7) is 2.23.